The van der Waals surface area contributed by atoms with Gasteiger partial charge < -0.3 is 10.5 Å². The minimum absolute atomic E-state index is 0.0237. The monoisotopic (exact) mass is 410 g/mol. The summed E-state index contributed by atoms with van der Waals surface area (Å²) in [5.74, 6) is 0.357. The van der Waals surface area contributed by atoms with E-state index in [1.165, 1.54) is 0 Å². The average molecular weight is 410 g/mol. The Morgan fingerprint density at radius 1 is 1.37 bits per heavy atom. The molecule has 1 aromatic carbocycles. The molecule has 102 valence electrons. The fourth-order valence-corrected chi connectivity index (χ4v) is 2.06. The van der Waals surface area contributed by atoms with Gasteiger partial charge in [-0.2, -0.15) is 0 Å². The third-order valence-electron chi connectivity index (χ3n) is 1.94. The molecule has 0 radical (unpaired) electrons. The van der Waals surface area contributed by atoms with Crippen molar-refractivity contribution in [1.29, 1.82) is 0 Å². The van der Waals surface area contributed by atoms with E-state index in [-0.39, 0.29) is 16.1 Å². The standard InChI is InChI=1S/C10H11IN4O2S2/c1-17-7-3-2-5(4-6(7)11)8(16)13-10(19)15-14-9(12)18/h2-4H,1H3,(H3,12,14,18)(H2,13,15,16,19). The SMILES string of the molecule is COc1ccc(C(=O)NC(=S)NNC(N)=S)cc1I. The van der Waals surface area contributed by atoms with Gasteiger partial charge in [-0.15, -0.1) is 0 Å². The van der Waals surface area contributed by atoms with Crippen LogP contribution >= 0.6 is 47.0 Å². The summed E-state index contributed by atoms with van der Waals surface area (Å²) >= 11 is 11.5. The van der Waals surface area contributed by atoms with Crippen molar-refractivity contribution in [2.75, 3.05) is 7.11 Å². The number of ether oxygens (including phenoxy) is 1. The summed E-state index contributed by atoms with van der Waals surface area (Å²) in [7, 11) is 1.57. The minimum atomic E-state index is -0.345. The molecule has 0 spiro atoms. The molecule has 0 atom stereocenters. The Balaban J connectivity index is 2.65. The van der Waals surface area contributed by atoms with Crippen molar-refractivity contribution in [3.05, 3.63) is 27.3 Å². The van der Waals surface area contributed by atoms with Crippen molar-refractivity contribution >= 4 is 63.2 Å². The summed E-state index contributed by atoms with van der Waals surface area (Å²) in [4.78, 5) is 11.9. The molecule has 5 N–H and O–H groups in total. The fourth-order valence-electron chi connectivity index (χ4n) is 1.13. The van der Waals surface area contributed by atoms with Crippen molar-refractivity contribution in [3.63, 3.8) is 0 Å². The molecule has 0 aliphatic heterocycles. The molecule has 0 fully saturated rings. The van der Waals surface area contributed by atoms with Gasteiger partial charge in [-0.05, 0) is 65.2 Å². The van der Waals surface area contributed by atoms with Gasteiger partial charge in [-0.25, -0.2) is 0 Å². The number of hydrazine groups is 1. The van der Waals surface area contributed by atoms with E-state index in [1.807, 2.05) is 0 Å². The van der Waals surface area contributed by atoms with Crippen LogP contribution in [0.4, 0.5) is 0 Å². The highest BCUT2D eigenvalue weighted by Gasteiger charge is 2.10. The summed E-state index contributed by atoms with van der Waals surface area (Å²) in [5, 5.41) is 2.57. The lowest BCUT2D eigenvalue weighted by Gasteiger charge is -2.11. The van der Waals surface area contributed by atoms with Crippen LogP contribution in [0.3, 0.4) is 0 Å². The van der Waals surface area contributed by atoms with E-state index in [4.69, 9.17) is 22.7 Å². The molecular formula is C10H11IN4O2S2. The number of carbonyl (C=O) groups is 1. The Morgan fingerprint density at radius 2 is 2.05 bits per heavy atom. The van der Waals surface area contributed by atoms with Crippen LogP contribution in [0.5, 0.6) is 5.75 Å². The van der Waals surface area contributed by atoms with Crippen molar-refractivity contribution in [2.45, 2.75) is 0 Å². The number of carbonyl (C=O) groups excluding carboxylic acids is 1. The predicted octanol–water partition coefficient (Wildman–Crippen LogP) is 0.652. The molecular weight excluding hydrogens is 399 g/mol. The highest BCUT2D eigenvalue weighted by atomic mass is 127. The molecule has 0 aliphatic rings. The number of nitrogens with two attached hydrogens (primary N) is 1. The van der Waals surface area contributed by atoms with Gasteiger partial charge in [0.05, 0.1) is 10.7 Å². The van der Waals surface area contributed by atoms with E-state index in [0.29, 0.717) is 11.3 Å². The number of methoxy groups -OCH3 is 1. The summed E-state index contributed by atoms with van der Waals surface area (Å²) in [6, 6.07) is 5.04. The van der Waals surface area contributed by atoms with Crippen LogP contribution in [0, 0.1) is 3.57 Å². The Bertz CT molecular complexity index is 524. The smallest absolute Gasteiger partial charge is 0.257 e. The van der Waals surface area contributed by atoms with Gasteiger partial charge >= 0.3 is 0 Å². The lowest BCUT2D eigenvalue weighted by atomic mass is 10.2. The first-order chi connectivity index (χ1) is 8.93. The molecule has 1 amide bonds. The molecule has 1 rings (SSSR count). The van der Waals surface area contributed by atoms with Crippen molar-refractivity contribution in [3.8, 4) is 5.75 Å². The number of hydrogen-bond donors (Lipinski definition) is 4. The maximum absolute atomic E-state index is 11.9. The number of rotatable bonds is 2. The molecule has 0 unspecified atom stereocenters. The molecule has 6 nitrogen and oxygen atoms in total. The van der Waals surface area contributed by atoms with Crippen molar-refractivity contribution in [1.82, 2.24) is 16.2 Å². The highest BCUT2D eigenvalue weighted by molar-refractivity contribution is 14.1. The molecule has 1 aromatic rings. The van der Waals surface area contributed by atoms with Crippen LogP contribution in [0.15, 0.2) is 18.2 Å². The number of nitrogens with one attached hydrogen (secondary N) is 3. The average Bonchev–Trinajstić information content (AvgIpc) is 2.36. The quantitative estimate of drug-likeness (QED) is 0.324. The third kappa shape index (κ3) is 5.12. The molecule has 0 saturated carbocycles. The third-order valence-corrected chi connectivity index (χ3v) is 3.09. The Labute approximate surface area is 134 Å². The van der Waals surface area contributed by atoms with Crippen LogP contribution < -0.4 is 26.6 Å². The van der Waals surface area contributed by atoms with E-state index in [1.54, 1.807) is 25.3 Å². The number of hydrogen-bond acceptors (Lipinski definition) is 4. The molecule has 0 saturated heterocycles. The van der Waals surface area contributed by atoms with E-state index >= 15 is 0 Å². The molecule has 0 bridgehead atoms. The largest absolute Gasteiger partial charge is 0.496 e. The molecule has 0 aromatic heterocycles. The van der Waals surface area contributed by atoms with Crippen LogP contribution in [0.1, 0.15) is 10.4 Å². The first-order valence-corrected chi connectivity index (χ1v) is 6.84. The topological polar surface area (TPSA) is 88.4 Å². The Kier molecular flexibility index (Phi) is 6.18. The second kappa shape index (κ2) is 7.40. The molecule has 9 heteroatoms. The molecule has 19 heavy (non-hydrogen) atoms. The number of halogens is 1. The van der Waals surface area contributed by atoms with Gasteiger partial charge in [0.1, 0.15) is 5.75 Å². The number of benzene rings is 1. The van der Waals surface area contributed by atoms with Crippen molar-refractivity contribution < 1.29 is 9.53 Å². The zero-order valence-corrected chi connectivity index (χ0v) is 13.6. The second-order valence-corrected chi connectivity index (χ2v) is 5.26. The lowest BCUT2D eigenvalue weighted by Crippen LogP contribution is -2.50. The van der Waals surface area contributed by atoms with Gasteiger partial charge in [0, 0.05) is 5.56 Å². The van der Waals surface area contributed by atoms with Gasteiger partial charge in [-0.1, -0.05) is 0 Å². The maximum atomic E-state index is 11.9. The Hall–Kier alpha value is -1.20. The van der Waals surface area contributed by atoms with Gasteiger partial charge in [0.25, 0.3) is 5.91 Å². The first-order valence-electron chi connectivity index (χ1n) is 4.94. The number of thiocarbonyl (C=S) groups is 2. The lowest BCUT2D eigenvalue weighted by molar-refractivity contribution is 0.0976. The van der Waals surface area contributed by atoms with E-state index in [2.05, 4.69) is 51.0 Å². The Morgan fingerprint density at radius 3 is 2.58 bits per heavy atom. The van der Waals surface area contributed by atoms with Gasteiger partial charge in [0.2, 0.25) is 0 Å². The van der Waals surface area contributed by atoms with Crippen LogP contribution in [0.2, 0.25) is 0 Å². The second-order valence-electron chi connectivity index (χ2n) is 3.25. The fraction of sp³-hybridized carbons (Fsp3) is 0.100. The predicted molar refractivity (Wildman–Crippen MR) is 88.8 cm³/mol. The maximum Gasteiger partial charge on any atom is 0.257 e. The van der Waals surface area contributed by atoms with Gasteiger partial charge in [-0.3, -0.25) is 21.0 Å². The highest BCUT2D eigenvalue weighted by Crippen LogP contribution is 2.21. The summed E-state index contributed by atoms with van der Waals surface area (Å²) in [6.07, 6.45) is 0. The van der Waals surface area contributed by atoms with E-state index < -0.39 is 0 Å². The van der Waals surface area contributed by atoms with Crippen LogP contribution in [-0.2, 0) is 0 Å². The summed E-state index contributed by atoms with van der Waals surface area (Å²) in [6.45, 7) is 0. The van der Waals surface area contributed by atoms with Crippen molar-refractivity contribution in [2.24, 2.45) is 5.73 Å². The van der Waals surface area contributed by atoms with Crippen LogP contribution in [-0.4, -0.2) is 23.2 Å². The van der Waals surface area contributed by atoms with Gasteiger partial charge in [0.15, 0.2) is 10.2 Å². The number of amides is 1. The first kappa shape index (κ1) is 15.9. The summed E-state index contributed by atoms with van der Waals surface area (Å²) < 4.78 is 5.94. The van der Waals surface area contributed by atoms with E-state index in [9.17, 15) is 4.79 Å². The van der Waals surface area contributed by atoms with E-state index in [0.717, 1.165) is 3.57 Å². The zero-order valence-electron chi connectivity index (χ0n) is 9.82. The minimum Gasteiger partial charge on any atom is -0.496 e. The molecule has 0 aliphatic carbocycles. The normalized spacial score (nSPS) is 9.37. The molecule has 0 heterocycles. The summed E-state index contributed by atoms with van der Waals surface area (Å²) in [5.41, 5.74) is 10.6. The van der Waals surface area contributed by atoms with Crippen LogP contribution in [0.25, 0.3) is 0 Å². The zero-order chi connectivity index (χ0) is 14.4.